The van der Waals surface area contributed by atoms with E-state index in [-0.39, 0.29) is 6.54 Å². The summed E-state index contributed by atoms with van der Waals surface area (Å²) in [6.07, 6.45) is 0. The van der Waals surface area contributed by atoms with Crippen LogP contribution in [0.15, 0.2) is 30.3 Å². The lowest BCUT2D eigenvalue weighted by atomic mass is 10.2. The number of rotatable bonds is 6. The van der Waals surface area contributed by atoms with Crippen molar-refractivity contribution in [2.75, 3.05) is 11.5 Å². The molecule has 0 atom stereocenters. The van der Waals surface area contributed by atoms with Crippen LogP contribution >= 0.6 is 0 Å². The summed E-state index contributed by atoms with van der Waals surface area (Å²) in [5.74, 6) is -4.02. The minimum Gasteiger partial charge on any atom is -0.480 e. The molecule has 1 aromatic rings. The molecule has 1 amide bonds. The molecule has 2 N–H and O–H groups in total. The fourth-order valence-corrected chi connectivity index (χ4v) is 2.27. The predicted molar refractivity (Wildman–Crippen MR) is 64.6 cm³/mol. The third-order valence-corrected chi connectivity index (χ3v) is 3.42. The maximum Gasteiger partial charge on any atom is 0.318 e. The Morgan fingerprint density at radius 1 is 1.11 bits per heavy atom. The molecule has 18 heavy (non-hydrogen) atoms. The molecule has 0 bridgehead atoms. The standard InChI is InChI=1S/C11H13NO5S/c13-10(7-18(16,17)8-11(14)15)12-6-9-4-2-1-3-5-9/h1-5H,6-8H2,(H,12,13)(H,14,15). The number of sulfone groups is 1. The van der Waals surface area contributed by atoms with E-state index in [9.17, 15) is 18.0 Å². The Balaban J connectivity index is 2.45. The second-order valence-electron chi connectivity index (χ2n) is 3.69. The normalized spacial score (nSPS) is 10.9. The van der Waals surface area contributed by atoms with Gasteiger partial charge in [0.25, 0.3) is 0 Å². The Morgan fingerprint density at radius 3 is 2.28 bits per heavy atom. The fourth-order valence-electron chi connectivity index (χ4n) is 1.29. The third kappa shape index (κ3) is 5.44. The molecule has 0 aliphatic carbocycles. The number of hydrogen-bond donors (Lipinski definition) is 2. The lowest BCUT2D eigenvalue weighted by Gasteiger charge is -2.05. The van der Waals surface area contributed by atoms with E-state index in [0.717, 1.165) is 5.56 Å². The molecule has 0 fully saturated rings. The Labute approximate surface area is 105 Å². The lowest BCUT2D eigenvalue weighted by Crippen LogP contribution is -2.32. The maximum absolute atomic E-state index is 11.3. The van der Waals surface area contributed by atoms with Crippen LogP contribution in [-0.4, -0.2) is 36.9 Å². The van der Waals surface area contributed by atoms with Crippen LogP contribution in [0, 0.1) is 0 Å². The van der Waals surface area contributed by atoms with Crippen molar-refractivity contribution in [1.82, 2.24) is 5.32 Å². The second-order valence-corrected chi connectivity index (χ2v) is 5.75. The van der Waals surface area contributed by atoms with Crippen molar-refractivity contribution in [1.29, 1.82) is 0 Å². The molecule has 0 saturated carbocycles. The number of benzene rings is 1. The summed E-state index contributed by atoms with van der Waals surface area (Å²) in [7, 11) is -3.90. The molecular formula is C11H13NO5S. The van der Waals surface area contributed by atoms with Gasteiger partial charge in [0.05, 0.1) is 0 Å². The summed E-state index contributed by atoms with van der Waals surface area (Å²) < 4.78 is 22.4. The highest BCUT2D eigenvalue weighted by atomic mass is 32.2. The largest absolute Gasteiger partial charge is 0.480 e. The van der Waals surface area contributed by atoms with E-state index in [0.29, 0.717) is 0 Å². The Bertz CT molecular complexity index is 524. The quantitative estimate of drug-likeness (QED) is 0.746. The van der Waals surface area contributed by atoms with Crippen LogP contribution in [0.25, 0.3) is 0 Å². The molecule has 0 aliphatic heterocycles. The van der Waals surface area contributed by atoms with E-state index in [1.807, 2.05) is 6.07 Å². The summed E-state index contributed by atoms with van der Waals surface area (Å²) in [6, 6.07) is 8.98. The average Bonchev–Trinajstić information content (AvgIpc) is 2.25. The van der Waals surface area contributed by atoms with Crippen LogP contribution < -0.4 is 5.32 Å². The lowest BCUT2D eigenvalue weighted by molar-refractivity contribution is -0.134. The van der Waals surface area contributed by atoms with Crippen molar-refractivity contribution >= 4 is 21.7 Å². The van der Waals surface area contributed by atoms with E-state index < -0.39 is 33.2 Å². The predicted octanol–water partition coefficient (Wildman–Crippen LogP) is -0.198. The van der Waals surface area contributed by atoms with Gasteiger partial charge in [0.2, 0.25) is 5.91 Å². The van der Waals surface area contributed by atoms with Gasteiger partial charge in [-0.05, 0) is 5.56 Å². The van der Waals surface area contributed by atoms with E-state index in [2.05, 4.69) is 5.32 Å². The summed E-state index contributed by atoms with van der Waals surface area (Å²) in [6.45, 7) is 0.211. The zero-order valence-corrected chi connectivity index (χ0v) is 10.3. The maximum atomic E-state index is 11.3. The molecule has 0 aliphatic rings. The highest BCUT2D eigenvalue weighted by Gasteiger charge is 2.19. The molecule has 98 valence electrons. The monoisotopic (exact) mass is 271 g/mol. The minimum absolute atomic E-state index is 0.211. The topological polar surface area (TPSA) is 101 Å². The van der Waals surface area contributed by atoms with Gasteiger partial charge < -0.3 is 10.4 Å². The number of carboxylic acid groups (broad SMARTS) is 1. The summed E-state index contributed by atoms with van der Waals surface area (Å²) in [5.41, 5.74) is 0.835. The molecule has 0 radical (unpaired) electrons. The molecule has 0 aromatic heterocycles. The number of nitrogens with one attached hydrogen (secondary N) is 1. The summed E-state index contributed by atoms with van der Waals surface area (Å²) >= 11 is 0. The third-order valence-electron chi connectivity index (χ3n) is 2.03. The van der Waals surface area contributed by atoms with Crippen molar-refractivity contribution < 1.29 is 23.1 Å². The first-order valence-electron chi connectivity index (χ1n) is 5.12. The highest BCUT2D eigenvalue weighted by molar-refractivity contribution is 7.92. The van der Waals surface area contributed by atoms with E-state index in [1.54, 1.807) is 24.3 Å². The van der Waals surface area contributed by atoms with Crippen molar-refractivity contribution in [2.45, 2.75) is 6.54 Å². The summed E-state index contributed by atoms with van der Waals surface area (Å²) in [5, 5.41) is 10.8. The van der Waals surface area contributed by atoms with Gasteiger partial charge >= 0.3 is 5.97 Å². The second kappa shape index (κ2) is 6.15. The highest BCUT2D eigenvalue weighted by Crippen LogP contribution is 1.97. The molecule has 6 nitrogen and oxygen atoms in total. The van der Waals surface area contributed by atoms with Gasteiger partial charge in [-0.15, -0.1) is 0 Å². The SMILES string of the molecule is O=C(O)CS(=O)(=O)CC(=O)NCc1ccccc1. The Morgan fingerprint density at radius 2 is 1.72 bits per heavy atom. The van der Waals surface area contributed by atoms with Gasteiger partial charge in [-0.1, -0.05) is 30.3 Å². The van der Waals surface area contributed by atoms with Gasteiger partial charge in [0.1, 0.15) is 11.5 Å². The van der Waals surface area contributed by atoms with Crippen LogP contribution in [-0.2, 0) is 26.0 Å². The van der Waals surface area contributed by atoms with Gasteiger partial charge in [0, 0.05) is 6.54 Å². The number of hydrogen-bond acceptors (Lipinski definition) is 4. The number of amides is 1. The first-order chi connectivity index (χ1) is 8.39. The van der Waals surface area contributed by atoms with Gasteiger partial charge in [0.15, 0.2) is 9.84 Å². The van der Waals surface area contributed by atoms with Crippen molar-refractivity contribution in [3.8, 4) is 0 Å². The van der Waals surface area contributed by atoms with Crippen LogP contribution in [0.3, 0.4) is 0 Å². The molecule has 1 aromatic carbocycles. The van der Waals surface area contributed by atoms with Crippen LogP contribution in [0.4, 0.5) is 0 Å². The molecule has 0 spiro atoms. The smallest absolute Gasteiger partial charge is 0.318 e. The fraction of sp³-hybridized carbons (Fsp3) is 0.273. The van der Waals surface area contributed by atoms with E-state index >= 15 is 0 Å². The van der Waals surface area contributed by atoms with Crippen LogP contribution in [0.2, 0.25) is 0 Å². The zero-order valence-electron chi connectivity index (χ0n) is 9.50. The Hall–Kier alpha value is -1.89. The molecule has 1 rings (SSSR count). The van der Waals surface area contributed by atoms with E-state index in [1.165, 1.54) is 0 Å². The van der Waals surface area contributed by atoms with Crippen molar-refractivity contribution in [3.63, 3.8) is 0 Å². The first-order valence-corrected chi connectivity index (χ1v) is 6.94. The van der Waals surface area contributed by atoms with Gasteiger partial charge in [-0.2, -0.15) is 0 Å². The first kappa shape index (κ1) is 14.2. The molecule has 7 heteroatoms. The molecular weight excluding hydrogens is 258 g/mol. The Kier molecular flexibility index (Phi) is 4.85. The van der Waals surface area contributed by atoms with Gasteiger partial charge in [-0.3, -0.25) is 9.59 Å². The summed E-state index contributed by atoms with van der Waals surface area (Å²) in [4.78, 5) is 21.6. The average molecular weight is 271 g/mol. The van der Waals surface area contributed by atoms with E-state index in [4.69, 9.17) is 5.11 Å². The molecule has 0 heterocycles. The number of carbonyl (C=O) groups is 2. The van der Waals surface area contributed by atoms with Gasteiger partial charge in [-0.25, -0.2) is 8.42 Å². The van der Waals surface area contributed by atoms with Crippen LogP contribution in [0.5, 0.6) is 0 Å². The molecule has 0 unspecified atom stereocenters. The minimum atomic E-state index is -3.90. The number of aliphatic carboxylic acids is 1. The van der Waals surface area contributed by atoms with Crippen molar-refractivity contribution in [3.05, 3.63) is 35.9 Å². The van der Waals surface area contributed by atoms with Crippen molar-refractivity contribution in [2.24, 2.45) is 0 Å². The van der Waals surface area contributed by atoms with Crippen LogP contribution in [0.1, 0.15) is 5.56 Å². The number of carbonyl (C=O) groups excluding carboxylic acids is 1. The molecule has 0 saturated heterocycles. The number of carboxylic acids is 1. The zero-order chi connectivity index (χ0) is 13.6.